The first-order valence-electron chi connectivity index (χ1n) is 18.5. The Labute approximate surface area is 280 Å². The molecule has 7 nitrogen and oxygen atoms in total. The summed E-state index contributed by atoms with van der Waals surface area (Å²) in [5.41, 5.74) is 0.344. The number of allylic oxidation sites excluding steroid dienone is 5. The highest BCUT2D eigenvalue weighted by Gasteiger charge is 2.68. The second-order valence-electron chi connectivity index (χ2n) is 17.8. The minimum absolute atomic E-state index is 0.00912. The van der Waals surface area contributed by atoms with Gasteiger partial charge in [0.25, 0.3) is 0 Å². The number of fused-ring (bicyclic) bond motifs is 10. The molecule has 0 aromatic rings. The molecule has 13 atom stereocenters. The lowest BCUT2D eigenvalue weighted by Crippen LogP contribution is -2.61. The summed E-state index contributed by atoms with van der Waals surface area (Å²) in [6, 6.07) is 0. The first-order valence-corrected chi connectivity index (χ1v) is 18.5. The van der Waals surface area contributed by atoms with Gasteiger partial charge in [-0.3, -0.25) is 14.4 Å². The standard InChI is InChI=1S/C21H28O5.C19H28O2/c1-19-7-5-13(23)9-12(19)3-4-14-15-6-8-21(26,17(25)11-22)20(15,2)10-16(24)18(14)19;1-18-9-7-13(20)11-12(18)3-4-14-15-5-6-17(21)19(15,2)10-8-16(14)18/h5,7,9,14-16,18,22,24,26H,3-4,6,8,10-11H2,1-2H3;11,14-17,21H,3-10H2,1-2H3/t14-,15-,16-,18+,19-,20-,21-;14-,15-,16-,17-,18-,19-/m00/s1. The van der Waals surface area contributed by atoms with Crippen molar-refractivity contribution >= 4 is 17.3 Å². The van der Waals surface area contributed by atoms with E-state index in [9.17, 15) is 34.8 Å². The number of hydrogen-bond acceptors (Lipinski definition) is 7. The van der Waals surface area contributed by atoms with Crippen LogP contribution < -0.4 is 0 Å². The molecule has 0 amide bonds. The van der Waals surface area contributed by atoms with Crippen LogP contribution in [0, 0.1) is 57.2 Å². The van der Waals surface area contributed by atoms with Crippen LogP contribution in [0.2, 0.25) is 0 Å². The van der Waals surface area contributed by atoms with Crippen LogP contribution in [0.3, 0.4) is 0 Å². The highest BCUT2D eigenvalue weighted by Crippen LogP contribution is 2.68. The summed E-state index contributed by atoms with van der Waals surface area (Å²) in [6.07, 6.45) is 18.4. The van der Waals surface area contributed by atoms with Crippen LogP contribution >= 0.6 is 0 Å². The Kier molecular flexibility index (Phi) is 8.07. The first kappa shape index (κ1) is 33.6. The number of aliphatic hydroxyl groups is 4. The third-order valence-corrected chi connectivity index (χ3v) is 16.2. The zero-order chi connectivity index (χ0) is 33.7. The Bertz CT molecular complexity index is 1440. The largest absolute Gasteiger partial charge is 0.393 e. The van der Waals surface area contributed by atoms with Crippen LogP contribution in [0.15, 0.2) is 35.5 Å². The number of rotatable bonds is 2. The molecule has 0 aliphatic heterocycles. The zero-order valence-corrected chi connectivity index (χ0v) is 28.8. The third kappa shape index (κ3) is 4.68. The van der Waals surface area contributed by atoms with Crippen molar-refractivity contribution in [1.29, 1.82) is 0 Å². The molecule has 0 heterocycles. The zero-order valence-electron chi connectivity index (χ0n) is 28.8. The lowest BCUT2D eigenvalue weighted by atomic mass is 9.46. The van der Waals surface area contributed by atoms with Crippen molar-refractivity contribution in [3.8, 4) is 0 Å². The summed E-state index contributed by atoms with van der Waals surface area (Å²) in [4.78, 5) is 35.9. The van der Waals surface area contributed by atoms with Gasteiger partial charge < -0.3 is 20.4 Å². The molecule has 8 rings (SSSR count). The molecule has 6 saturated carbocycles. The molecular formula is C40H56O7. The Hall–Kier alpha value is -1.93. The molecule has 47 heavy (non-hydrogen) atoms. The van der Waals surface area contributed by atoms with E-state index in [0.717, 1.165) is 62.4 Å². The molecule has 7 heteroatoms. The topological polar surface area (TPSA) is 132 Å². The molecule has 8 aliphatic carbocycles. The molecule has 0 saturated heterocycles. The summed E-state index contributed by atoms with van der Waals surface area (Å²) in [5, 5.41) is 42.1. The minimum Gasteiger partial charge on any atom is -0.393 e. The molecule has 4 N–H and O–H groups in total. The number of ketones is 3. The fraction of sp³-hybridized carbons (Fsp3) is 0.775. The summed E-state index contributed by atoms with van der Waals surface area (Å²) < 4.78 is 0. The van der Waals surface area contributed by atoms with E-state index in [-0.39, 0.29) is 45.9 Å². The van der Waals surface area contributed by atoms with Crippen LogP contribution in [0.1, 0.15) is 111 Å². The monoisotopic (exact) mass is 648 g/mol. The van der Waals surface area contributed by atoms with Crippen molar-refractivity contribution in [2.24, 2.45) is 57.2 Å². The van der Waals surface area contributed by atoms with Crippen LogP contribution in [0.4, 0.5) is 0 Å². The SMILES string of the molecule is C[C@]12C=CC(=O)C=C1CC[C@@H]1[C@@H]2[C@@H](O)C[C@@]2(C)[C@H]1CC[C@]2(O)C(=O)CO.C[C@]12CC[C@H]3[C@@H](CCC4=CC(=O)CC[C@@]43C)[C@@H]1CC[C@@H]2O. The van der Waals surface area contributed by atoms with Crippen LogP contribution in [0.25, 0.3) is 0 Å². The van der Waals surface area contributed by atoms with Crippen LogP contribution in [0.5, 0.6) is 0 Å². The van der Waals surface area contributed by atoms with Gasteiger partial charge in [0.05, 0.1) is 12.2 Å². The van der Waals surface area contributed by atoms with Crippen LogP contribution in [-0.4, -0.2) is 62.2 Å². The predicted octanol–water partition coefficient (Wildman–Crippen LogP) is 5.44. The average Bonchev–Trinajstić information content (AvgIpc) is 3.49. The van der Waals surface area contributed by atoms with Gasteiger partial charge in [0.15, 0.2) is 17.3 Å². The van der Waals surface area contributed by atoms with E-state index in [1.807, 2.05) is 19.1 Å². The Morgan fingerprint density at radius 1 is 0.809 bits per heavy atom. The van der Waals surface area contributed by atoms with E-state index < -0.39 is 29.5 Å². The second-order valence-corrected chi connectivity index (χ2v) is 17.8. The van der Waals surface area contributed by atoms with Crippen molar-refractivity contribution in [1.82, 2.24) is 0 Å². The van der Waals surface area contributed by atoms with Gasteiger partial charge in [-0.15, -0.1) is 0 Å². The van der Waals surface area contributed by atoms with E-state index in [4.69, 9.17) is 0 Å². The molecule has 0 spiro atoms. The summed E-state index contributed by atoms with van der Waals surface area (Å²) >= 11 is 0. The van der Waals surface area contributed by atoms with Gasteiger partial charge in [0.2, 0.25) is 0 Å². The maximum Gasteiger partial charge on any atom is 0.190 e. The second kappa shape index (κ2) is 11.3. The number of aliphatic hydroxyl groups excluding tert-OH is 3. The van der Waals surface area contributed by atoms with E-state index in [0.29, 0.717) is 24.5 Å². The van der Waals surface area contributed by atoms with Gasteiger partial charge >= 0.3 is 0 Å². The molecule has 0 aromatic carbocycles. The van der Waals surface area contributed by atoms with Crippen molar-refractivity contribution < 1.29 is 34.8 Å². The molecule has 8 aliphatic rings. The molecule has 0 unspecified atom stereocenters. The third-order valence-electron chi connectivity index (χ3n) is 16.2. The summed E-state index contributed by atoms with van der Waals surface area (Å²) in [5.74, 6) is 2.35. The van der Waals surface area contributed by atoms with E-state index >= 15 is 0 Å². The highest BCUT2D eigenvalue weighted by atomic mass is 16.3. The Balaban J connectivity index is 0.000000153. The van der Waals surface area contributed by atoms with E-state index in [1.54, 1.807) is 12.2 Å². The lowest BCUT2D eigenvalue weighted by molar-refractivity contribution is -0.178. The van der Waals surface area contributed by atoms with Gasteiger partial charge in [-0.25, -0.2) is 0 Å². The minimum atomic E-state index is -1.56. The van der Waals surface area contributed by atoms with Crippen molar-refractivity contribution in [3.05, 3.63) is 35.5 Å². The van der Waals surface area contributed by atoms with E-state index in [2.05, 4.69) is 20.8 Å². The normalized spacial score (nSPS) is 51.1. The first-order chi connectivity index (χ1) is 22.1. The highest BCUT2D eigenvalue weighted by molar-refractivity contribution is 6.01. The molecule has 6 fully saturated rings. The number of hydrogen-bond donors (Lipinski definition) is 4. The van der Waals surface area contributed by atoms with Gasteiger partial charge in [-0.2, -0.15) is 0 Å². The fourth-order valence-electron chi connectivity index (χ4n) is 13.5. The Morgan fingerprint density at radius 2 is 1.51 bits per heavy atom. The quantitative estimate of drug-likeness (QED) is 0.314. The number of carbonyl (C=O) groups excluding carboxylic acids is 3. The number of carbonyl (C=O) groups is 3. The molecule has 0 bridgehead atoms. The van der Waals surface area contributed by atoms with Gasteiger partial charge in [0.1, 0.15) is 12.2 Å². The molecular weight excluding hydrogens is 592 g/mol. The maximum atomic E-state index is 12.4. The smallest absolute Gasteiger partial charge is 0.190 e. The fourth-order valence-corrected chi connectivity index (χ4v) is 13.5. The molecule has 258 valence electrons. The summed E-state index contributed by atoms with van der Waals surface area (Å²) in [7, 11) is 0. The van der Waals surface area contributed by atoms with Gasteiger partial charge in [-0.05, 0) is 136 Å². The summed E-state index contributed by atoms with van der Waals surface area (Å²) in [6.45, 7) is 8.11. The van der Waals surface area contributed by atoms with Gasteiger partial charge in [0, 0.05) is 23.2 Å². The lowest BCUT2D eigenvalue weighted by Gasteiger charge is -2.59. The number of Topliss-reactive ketones (excluding diaryl/α,β-unsaturated/α-hetero) is 1. The molecule has 0 aromatic heterocycles. The van der Waals surface area contributed by atoms with Crippen LogP contribution in [-0.2, 0) is 14.4 Å². The molecule has 0 radical (unpaired) electrons. The predicted molar refractivity (Wildman–Crippen MR) is 178 cm³/mol. The van der Waals surface area contributed by atoms with E-state index in [1.165, 1.54) is 31.3 Å². The van der Waals surface area contributed by atoms with Gasteiger partial charge in [-0.1, -0.05) is 44.9 Å². The van der Waals surface area contributed by atoms with Crippen molar-refractivity contribution in [2.75, 3.05) is 6.61 Å². The average molecular weight is 649 g/mol. The Morgan fingerprint density at radius 3 is 2.26 bits per heavy atom. The van der Waals surface area contributed by atoms with Crippen molar-refractivity contribution in [2.45, 2.75) is 129 Å². The van der Waals surface area contributed by atoms with Crippen molar-refractivity contribution in [3.63, 3.8) is 0 Å². The maximum absolute atomic E-state index is 12.4.